The van der Waals surface area contributed by atoms with E-state index >= 15 is 0 Å². The van der Waals surface area contributed by atoms with Crippen molar-refractivity contribution in [2.75, 3.05) is 25.2 Å². The summed E-state index contributed by atoms with van der Waals surface area (Å²) in [4.78, 5) is 0. The predicted octanol–water partition coefficient (Wildman–Crippen LogP) is 2.16. The lowest BCUT2D eigenvalue weighted by molar-refractivity contribution is 0.127. The summed E-state index contributed by atoms with van der Waals surface area (Å²) in [7, 11) is -1.33. The number of nitrogens with one attached hydrogen (secondary N) is 1. The summed E-state index contributed by atoms with van der Waals surface area (Å²) < 4.78 is 30.2. The van der Waals surface area contributed by atoms with Gasteiger partial charge in [-0.25, -0.2) is 8.42 Å². The Labute approximate surface area is 127 Å². The van der Waals surface area contributed by atoms with Crippen LogP contribution in [0.25, 0.3) is 0 Å². The second-order valence-corrected chi connectivity index (χ2v) is 8.13. The second-order valence-electron chi connectivity index (χ2n) is 5.97. The number of ether oxygens (including phenoxy) is 1. The molecule has 4 nitrogen and oxygen atoms in total. The molecule has 1 fully saturated rings. The summed E-state index contributed by atoms with van der Waals surface area (Å²) in [6.07, 6.45) is 1.70. The minimum absolute atomic E-state index is 0.117. The Balaban J connectivity index is 2.10. The maximum atomic E-state index is 12.4. The van der Waals surface area contributed by atoms with Crippen molar-refractivity contribution in [1.29, 1.82) is 0 Å². The zero-order valence-corrected chi connectivity index (χ0v) is 13.9. The van der Waals surface area contributed by atoms with Crippen molar-refractivity contribution >= 4 is 9.84 Å². The van der Waals surface area contributed by atoms with E-state index in [2.05, 4.69) is 23.5 Å². The standard InChI is InChI=1S/C16H25NO3S/c1-12-7-13(2)9-14(8-12)16(17-3)11-21(18,19)10-15-5-4-6-20-15/h7-9,15-17H,4-6,10-11H2,1-3H3. The summed E-state index contributed by atoms with van der Waals surface area (Å²) in [5.41, 5.74) is 3.34. The highest BCUT2D eigenvalue weighted by molar-refractivity contribution is 7.91. The SMILES string of the molecule is CNC(CS(=O)(=O)CC1CCCO1)c1cc(C)cc(C)c1. The van der Waals surface area contributed by atoms with Gasteiger partial charge in [-0.05, 0) is 39.3 Å². The van der Waals surface area contributed by atoms with Gasteiger partial charge in [0.2, 0.25) is 0 Å². The lowest BCUT2D eigenvalue weighted by Gasteiger charge is -2.19. The fourth-order valence-electron chi connectivity index (χ4n) is 2.94. The summed E-state index contributed by atoms with van der Waals surface area (Å²) in [6.45, 7) is 4.75. The van der Waals surface area contributed by atoms with E-state index < -0.39 is 9.84 Å². The van der Waals surface area contributed by atoms with Crippen LogP contribution in [0.1, 0.15) is 35.6 Å². The molecule has 1 heterocycles. The molecule has 1 aromatic rings. The second kappa shape index (κ2) is 6.90. The van der Waals surface area contributed by atoms with Crippen molar-refractivity contribution < 1.29 is 13.2 Å². The molecule has 2 unspecified atom stereocenters. The van der Waals surface area contributed by atoms with Gasteiger partial charge in [-0.2, -0.15) is 0 Å². The third-order valence-corrected chi connectivity index (χ3v) is 5.60. The third kappa shape index (κ3) is 4.80. The van der Waals surface area contributed by atoms with Gasteiger partial charge in [0.15, 0.2) is 9.84 Å². The lowest BCUT2D eigenvalue weighted by atomic mass is 10.0. The van der Waals surface area contributed by atoms with Gasteiger partial charge < -0.3 is 10.1 Å². The molecule has 1 aliphatic rings. The van der Waals surface area contributed by atoms with Crippen LogP contribution in [-0.2, 0) is 14.6 Å². The highest BCUT2D eigenvalue weighted by Crippen LogP contribution is 2.21. The van der Waals surface area contributed by atoms with E-state index in [1.54, 1.807) is 0 Å². The van der Waals surface area contributed by atoms with Crippen molar-refractivity contribution in [1.82, 2.24) is 5.32 Å². The first-order chi connectivity index (χ1) is 9.89. The van der Waals surface area contributed by atoms with Crippen molar-refractivity contribution in [3.05, 3.63) is 34.9 Å². The Hall–Kier alpha value is -0.910. The molecular formula is C16H25NO3S. The highest BCUT2D eigenvalue weighted by Gasteiger charge is 2.26. The van der Waals surface area contributed by atoms with Gasteiger partial charge in [0.1, 0.15) is 0 Å². The predicted molar refractivity (Wildman–Crippen MR) is 85.3 cm³/mol. The van der Waals surface area contributed by atoms with Crippen LogP contribution >= 0.6 is 0 Å². The molecule has 1 N–H and O–H groups in total. The first-order valence-corrected chi connectivity index (χ1v) is 9.29. The van der Waals surface area contributed by atoms with Crippen molar-refractivity contribution in [3.63, 3.8) is 0 Å². The smallest absolute Gasteiger partial charge is 0.154 e. The molecule has 5 heteroatoms. The molecule has 0 saturated carbocycles. The Morgan fingerprint density at radius 2 is 1.95 bits per heavy atom. The van der Waals surface area contributed by atoms with Crippen molar-refractivity contribution in [3.8, 4) is 0 Å². The van der Waals surface area contributed by atoms with Gasteiger partial charge in [-0.1, -0.05) is 29.3 Å². The number of hydrogen-bond donors (Lipinski definition) is 1. The number of benzene rings is 1. The normalized spacial score (nSPS) is 20.6. The molecule has 0 aliphatic carbocycles. The summed E-state index contributed by atoms with van der Waals surface area (Å²) in [5.74, 6) is 0.252. The van der Waals surface area contributed by atoms with Crippen LogP contribution in [0, 0.1) is 13.8 Å². The van der Waals surface area contributed by atoms with Crippen LogP contribution in [0.15, 0.2) is 18.2 Å². The van der Waals surface area contributed by atoms with Crippen LogP contribution < -0.4 is 5.32 Å². The Bertz CT molecular complexity index is 557. The van der Waals surface area contributed by atoms with Crippen molar-refractivity contribution in [2.24, 2.45) is 0 Å². The molecule has 21 heavy (non-hydrogen) atoms. The third-order valence-electron chi connectivity index (χ3n) is 3.88. The van der Waals surface area contributed by atoms with Crippen LogP contribution in [0.5, 0.6) is 0 Å². The van der Waals surface area contributed by atoms with Gasteiger partial charge in [0.05, 0.1) is 17.6 Å². The fourth-order valence-corrected chi connectivity index (χ4v) is 4.77. The zero-order valence-electron chi connectivity index (χ0n) is 13.1. The lowest BCUT2D eigenvalue weighted by Crippen LogP contribution is -2.30. The maximum Gasteiger partial charge on any atom is 0.154 e. The largest absolute Gasteiger partial charge is 0.377 e. The van der Waals surface area contributed by atoms with Crippen LogP contribution in [0.2, 0.25) is 0 Å². The molecule has 0 spiro atoms. The molecule has 2 rings (SSSR count). The van der Waals surface area contributed by atoms with Gasteiger partial charge in [-0.3, -0.25) is 0 Å². The van der Waals surface area contributed by atoms with E-state index in [-0.39, 0.29) is 23.7 Å². The average molecular weight is 311 g/mol. The van der Waals surface area contributed by atoms with E-state index in [1.807, 2.05) is 20.9 Å². The van der Waals surface area contributed by atoms with Crippen LogP contribution in [0.3, 0.4) is 0 Å². The molecule has 2 atom stereocenters. The molecule has 0 radical (unpaired) electrons. The van der Waals surface area contributed by atoms with Crippen LogP contribution in [0.4, 0.5) is 0 Å². The molecule has 0 amide bonds. The van der Waals surface area contributed by atoms with E-state index in [4.69, 9.17) is 4.74 Å². The number of hydrogen-bond acceptors (Lipinski definition) is 4. The summed E-state index contributed by atoms with van der Waals surface area (Å²) in [5, 5.41) is 3.13. The summed E-state index contributed by atoms with van der Waals surface area (Å²) in [6, 6.07) is 6.03. The fraction of sp³-hybridized carbons (Fsp3) is 0.625. The highest BCUT2D eigenvalue weighted by atomic mass is 32.2. The van der Waals surface area contributed by atoms with E-state index in [9.17, 15) is 8.42 Å². The van der Waals surface area contributed by atoms with E-state index in [1.165, 1.54) is 0 Å². The summed E-state index contributed by atoms with van der Waals surface area (Å²) >= 11 is 0. The molecule has 1 aliphatic heterocycles. The average Bonchev–Trinajstić information content (AvgIpc) is 2.86. The Morgan fingerprint density at radius 3 is 2.48 bits per heavy atom. The number of aryl methyl sites for hydroxylation is 2. The molecule has 1 aromatic carbocycles. The monoisotopic (exact) mass is 311 g/mol. The minimum atomic E-state index is -3.14. The van der Waals surface area contributed by atoms with Crippen LogP contribution in [-0.4, -0.2) is 39.7 Å². The molecule has 118 valence electrons. The molecular weight excluding hydrogens is 286 g/mol. The zero-order chi connectivity index (χ0) is 15.5. The van der Waals surface area contributed by atoms with Gasteiger partial charge in [-0.15, -0.1) is 0 Å². The Kier molecular flexibility index (Phi) is 5.41. The molecule has 1 saturated heterocycles. The number of sulfone groups is 1. The van der Waals surface area contributed by atoms with Crippen molar-refractivity contribution in [2.45, 2.75) is 38.8 Å². The first kappa shape index (κ1) is 16.5. The minimum Gasteiger partial charge on any atom is -0.377 e. The van der Waals surface area contributed by atoms with E-state index in [0.717, 1.165) is 29.5 Å². The van der Waals surface area contributed by atoms with Gasteiger partial charge >= 0.3 is 0 Å². The quantitative estimate of drug-likeness (QED) is 0.875. The van der Waals surface area contributed by atoms with Gasteiger partial charge in [0, 0.05) is 12.6 Å². The topological polar surface area (TPSA) is 55.4 Å². The maximum absolute atomic E-state index is 12.4. The Morgan fingerprint density at radius 1 is 1.29 bits per heavy atom. The van der Waals surface area contributed by atoms with Gasteiger partial charge in [0.25, 0.3) is 0 Å². The molecule has 0 aromatic heterocycles. The molecule has 0 bridgehead atoms. The first-order valence-electron chi connectivity index (χ1n) is 7.47. The van der Waals surface area contributed by atoms with E-state index in [0.29, 0.717) is 6.61 Å². The number of rotatable bonds is 6.